The van der Waals surface area contributed by atoms with Crippen molar-refractivity contribution in [1.82, 2.24) is 14.5 Å². The van der Waals surface area contributed by atoms with Crippen LogP contribution in [0.2, 0.25) is 5.02 Å². The lowest BCUT2D eigenvalue weighted by Crippen LogP contribution is -1.94. The topological polar surface area (TPSA) is 56.7 Å². The Kier molecular flexibility index (Phi) is 2.45. The summed E-state index contributed by atoms with van der Waals surface area (Å²) in [5, 5.41) is 0.555. The Morgan fingerprint density at radius 3 is 2.83 bits per heavy atom. The van der Waals surface area contributed by atoms with Gasteiger partial charge in [-0.2, -0.15) is 0 Å². The maximum Gasteiger partial charge on any atom is 0.140 e. The number of fused-ring (bicyclic) bond motifs is 1. The van der Waals surface area contributed by atoms with E-state index >= 15 is 0 Å². The zero-order chi connectivity index (χ0) is 12.7. The fourth-order valence-corrected chi connectivity index (χ4v) is 2.09. The molecule has 3 rings (SSSR count). The number of nitrogens with zero attached hydrogens (tertiary/aromatic N) is 3. The first-order valence-electron chi connectivity index (χ1n) is 5.48. The average Bonchev–Trinajstić information content (AvgIpc) is 2.71. The Bertz CT molecular complexity index is 733. The van der Waals surface area contributed by atoms with Gasteiger partial charge in [0.2, 0.25) is 0 Å². The maximum absolute atomic E-state index is 5.92. The minimum Gasteiger partial charge on any atom is -0.398 e. The second-order valence-corrected chi connectivity index (χ2v) is 4.50. The lowest BCUT2D eigenvalue weighted by Gasteiger charge is -2.04. The average molecular weight is 259 g/mol. The van der Waals surface area contributed by atoms with Crippen LogP contribution < -0.4 is 5.73 Å². The molecule has 18 heavy (non-hydrogen) atoms. The van der Waals surface area contributed by atoms with Gasteiger partial charge in [-0.25, -0.2) is 4.98 Å². The summed E-state index contributed by atoms with van der Waals surface area (Å²) < 4.78 is 1.99. The number of hydrogen-bond acceptors (Lipinski definition) is 3. The summed E-state index contributed by atoms with van der Waals surface area (Å²) in [7, 11) is 1.96. The molecule has 1 aromatic carbocycles. The number of benzene rings is 1. The number of halogens is 1. The number of nitrogens with two attached hydrogens (primary N) is 1. The number of nitrogen functional groups attached to an aromatic ring is 1. The molecule has 5 heteroatoms. The van der Waals surface area contributed by atoms with E-state index in [1.54, 1.807) is 18.5 Å². The van der Waals surface area contributed by atoms with Crippen molar-refractivity contribution in [2.45, 2.75) is 0 Å². The number of imidazole rings is 1. The van der Waals surface area contributed by atoms with Crippen LogP contribution in [0.1, 0.15) is 0 Å². The van der Waals surface area contributed by atoms with Gasteiger partial charge < -0.3 is 10.3 Å². The summed E-state index contributed by atoms with van der Waals surface area (Å²) in [5.74, 6) is 0.848. The van der Waals surface area contributed by atoms with Crippen molar-refractivity contribution in [2.75, 3.05) is 5.73 Å². The molecule has 90 valence electrons. The predicted molar refractivity (Wildman–Crippen MR) is 73.4 cm³/mol. The molecule has 0 unspecified atom stereocenters. The van der Waals surface area contributed by atoms with Crippen LogP contribution in [0.4, 0.5) is 5.69 Å². The summed E-state index contributed by atoms with van der Waals surface area (Å²) in [6.45, 7) is 0. The van der Waals surface area contributed by atoms with Gasteiger partial charge in [0.15, 0.2) is 0 Å². The highest BCUT2D eigenvalue weighted by Gasteiger charge is 2.10. The zero-order valence-electron chi connectivity index (χ0n) is 9.76. The molecule has 0 saturated carbocycles. The van der Waals surface area contributed by atoms with Gasteiger partial charge in [0.05, 0.1) is 27.9 Å². The molecule has 0 atom stereocenters. The highest BCUT2D eigenvalue weighted by molar-refractivity contribution is 6.33. The van der Waals surface area contributed by atoms with Crippen LogP contribution in [0.15, 0.2) is 36.7 Å². The van der Waals surface area contributed by atoms with E-state index in [9.17, 15) is 0 Å². The normalized spacial score (nSPS) is 11.0. The van der Waals surface area contributed by atoms with E-state index in [2.05, 4.69) is 9.97 Å². The molecule has 0 bridgehead atoms. The van der Waals surface area contributed by atoms with Crippen LogP contribution in [0.5, 0.6) is 0 Å². The minimum atomic E-state index is 0.555. The van der Waals surface area contributed by atoms with Gasteiger partial charge in [0.25, 0.3) is 0 Å². The van der Waals surface area contributed by atoms with Crippen LogP contribution in [0.3, 0.4) is 0 Å². The fraction of sp³-hybridized carbons (Fsp3) is 0.0769. The van der Waals surface area contributed by atoms with Gasteiger partial charge in [0, 0.05) is 18.8 Å². The molecule has 0 radical (unpaired) electrons. The monoisotopic (exact) mass is 258 g/mol. The summed E-state index contributed by atoms with van der Waals surface area (Å²) in [6, 6.07) is 7.41. The molecule has 4 nitrogen and oxygen atoms in total. The second kappa shape index (κ2) is 3.99. The zero-order valence-corrected chi connectivity index (χ0v) is 10.5. The van der Waals surface area contributed by atoms with Gasteiger partial charge >= 0.3 is 0 Å². The van der Waals surface area contributed by atoms with Crippen molar-refractivity contribution in [3.8, 4) is 11.4 Å². The van der Waals surface area contributed by atoms with Gasteiger partial charge in [-0.05, 0) is 24.3 Å². The Hall–Kier alpha value is -2.07. The highest BCUT2D eigenvalue weighted by atomic mass is 35.5. The number of aromatic nitrogens is 3. The first-order chi connectivity index (χ1) is 8.66. The van der Waals surface area contributed by atoms with Gasteiger partial charge in [-0.3, -0.25) is 4.98 Å². The van der Waals surface area contributed by atoms with Crippen molar-refractivity contribution in [3.63, 3.8) is 0 Å². The minimum absolute atomic E-state index is 0.555. The Morgan fingerprint density at radius 1 is 1.28 bits per heavy atom. The molecule has 0 amide bonds. The third-order valence-electron chi connectivity index (χ3n) is 2.94. The Labute approximate surface area is 109 Å². The molecule has 0 aliphatic heterocycles. The van der Waals surface area contributed by atoms with Crippen molar-refractivity contribution in [3.05, 3.63) is 41.7 Å². The largest absolute Gasteiger partial charge is 0.398 e. The summed E-state index contributed by atoms with van der Waals surface area (Å²) in [6.07, 6.45) is 3.53. The van der Waals surface area contributed by atoms with Gasteiger partial charge in [0.1, 0.15) is 5.82 Å². The van der Waals surface area contributed by atoms with Crippen molar-refractivity contribution in [2.24, 2.45) is 7.05 Å². The second-order valence-electron chi connectivity index (χ2n) is 4.10. The molecular weight excluding hydrogens is 248 g/mol. The molecular formula is C13H11ClN4. The third-order valence-corrected chi connectivity index (χ3v) is 3.28. The molecule has 0 aliphatic carbocycles. The Morgan fingerprint density at radius 2 is 2.11 bits per heavy atom. The number of hydrogen-bond donors (Lipinski definition) is 1. The fourth-order valence-electron chi connectivity index (χ4n) is 1.98. The van der Waals surface area contributed by atoms with Crippen molar-refractivity contribution < 1.29 is 0 Å². The van der Waals surface area contributed by atoms with Crippen LogP contribution in [-0.2, 0) is 7.05 Å². The van der Waals surface area contributed by atoms with E-state index in [-0.39, 0.29) is 0 Å². The van der Waals surface area contributed by atoms with Crippen LogP contribution >= 0.6 is 11.6 Å². The number of rotatable bonds is 1. The molecule has 2 N–H and O–H groups in total. The van der Waals surface area contributed by atoms with E-state index in [1.165, 1.54) is 0 Å². The summed E-state index contributed by atoms with van der Waals surface area (Å²) in [4.78, 5) is 8.68. The summed E-state index contributed by atoms with van der Waals surface area (Å²) >= 11 is 5.92. The molecule has 2 heterocycles. The van der Waals surface area contributed by atoms with Crippen LogP contribution in [0.25, 0.3) is 22.4 Å². The third kappa shape index (κ3) is 1.62. The molecule has 3 aromatic rings. The Balaban J connectivity index is 2.25. The van der Waals surface area contributed by atoms with Crippen molar-refractivity contribution in [1.29, 1.82) is 0 Å². The van der Waals surface area contributed by atoms with Crippen LogP contribution in [0, 0.1) is 0 Å². The number of pyridine rings is 1. The van der Waals surface area contributed by atoms with Gasteiger partial charge in [-0.1, -0.05) is 11.6 Å². The molecule has 0 spiro atoms. The summed E-state index contributed by atoms with van der Waals surface area (Å²) in [5.41, 5.74) is 9.22. The van der Waals surface area contributed by atoms with E-state index in [4.69, 9.17) is 17.3 Å². The van der Waals surface area contributed by atoms with E-state index in [1.807, 2.05) is 29.8 Å². The quantitative estimate of drug-likeness (QED) is 0.683. The first kappa shape index (κ1) is 11.0. The highest BCUT2D eigenvalue weighted by Crippen LogP contribution is 2.27. The van der Waals surface area contributed by atoms with Crippen molar-refractivity contribution >= 4 is 28.3 Å². The molecule has 0 saturated heterocycles. The lowest BCUT2D eigenvalue weighted by molar-refractivity contribution is 0.956. The molecule has 2 aromatic heterocycles. The van der Waals surface area contributed by atoms with Crippen LogP contribution in [-0.4, -0.2) is 14.5 Å². The van der Waals surface area contributed by atoms with E-state index < -0.39 is 0 Å². The smallest absolute Gasteiger partial charge is 0.140 e. The maximum atomic E-state index is 5.92. The molecule has 0 aliphatic rings. The van der Waals surface area contributed by atoms with Gasteiger partial charge in [-0.15, -0.1) is 0 Å². The molecule has 0 fully saturated rings. The lowest BCUT2D eigenvalue weighted by atomic mass is 10.2. The van der Waals surface area contributed by atoms with E-state index in [0.29, 0.717) is 10.7 Å². The SMILES string of the molecule is Cn1c(-c2ccc(Cl)c(N)c2)nc2ccncc21. The number of aryl methyl sites for hydroxylation is 1. The van der Waals surface area contributed by atoms with E-state index in [0.717, 1.165) is 22.4 Å². The predicted octanol–water partition coefficient (Wildman–Crippen LogP) is 2.87. The number of anilines is 1. The standard InChI is InChI=1S/C13H11ClN4/c1-18-12-7-16-5-4-11(12)17-13(18)8-2-3-9(14)10(15)6-8/h2-7H,15H2,1H3. The first-order valence-corrected chi connectivity index (χ1v) is 5.86.